The monoisotopic (exact) mass is 205 g/mol. The average Bonchev–Trinajstić information content (AvgIpc) is 2.69. The third-order valence-corrected chi connectivity index (χ3v) is 4.09. The van der Waals surface area contributed by atoms with Gasteiger partial charge in [0.2, 0.25) is 5.91 Å². The Kier molecular flexibility index (Phi) is 2.95. The van der Waals surface area contributed by atoms with Crippen molar-refractivity contribution in [2.75, 3.05) is 5.75 Å². The summed E-state index contributed by atoms with van der Waals surface area (Å²) >= 11 is 0. The predicted octanol–water partition coefficient (Wildman–Crippen LogP) is 0.0882. The second-order valence-electron chi connectivity index (χ2n) is 3.70. The minimum Gasteiger partial charge on any atom is -0.352 e. The van der Waals surface area contributed by atoms with E-state index in [2.05, 4.69) is 5.32 Å². The highest BCUT2D eigenvalue weighted by Gasteiger charge is 2.26. The summed E-state index contributed by atoms with van der Waals surface area (Å²) in [6.07, 6.45) is 1.96. The standard InChI is InChI=1S/C8H15NO3S/c1-6(2)13(11,12)5-8(10)9-7-3-4-7/h6-7H,3-5H2,1-2H3,(H,9,10). The molecule has 13 heavy (non-hydrogen) atoms. The van der Waals surface area contributed by atoms with Gasteiger partial charge in [-0.15, -0.1) is 0 Å². The zero-order valence-electron chi connectivity index (χ0n) is 7.91. The fraction of sp³-hybridized carbons (Fsp3) is 0.875. The van der Waals surface area contributed by atoms with E-state index in [1.807, 2.05) is 0 Å². The number of amides is 1. The molecule has 1 amide bonds. The van der Waals surface area contributed by atoms with Gasteiger partial charge < -0.3 is 5.32 Å². The summed E-state index contributed by atoms with van der Waals surface area (Å²) in [6, 6.07) is 0.231. The Morgan fingerprint density at radius 3 is 2.38 bits per heavy atom. The number of carbonyl (C=O) groups excluding carboxylic acids is 1. The van der Waals surface area contributed by atoms with E-state index >= 15 is 0 Å². The van der Waals surface area contributed by atoms with E-state index in [1.54, 1.807) is 13.8 Å². The summed E-state index contributed by atoms with van der Waals surface area (Å²) < 4.78 is 22.6. The number of hydrogen-bond acceptors (Lipinski definition) is 3. The lowest BCUT2D eigenvalue weighted by Crippen LogP contribution is -2.34. The molecule has 0 spiro atoms. The lowest BCUT2D eigenvalue weighted by atomic mass is 10.6. The number of sulfone groups is 1. The largest absolute Gasteiger partial charge is 0.352 e. The molecular weight excluding hydrogens is 190 g/mol. The van der Waals surface area contributed by atoms with Crippen LogP contribution >= 0.6 is 0 Å². The van der Waals surface area contributed by atoms with Crippen molar-refractivity contribution in [3.05, 3.63) is 0 Å². The van der Waals surface area contributed by atoms with Crippen molar-refractivity contribution in [1.82, 2.24) is 5.32 Å². The first-order valence-corrected chi connectivity index (χ1v) is 6.14. The van der Waals surface area contributed by atoms with Gasteiger partial charge in [-0.05, 0) is 26.7 Å². The van der Waals surface area contributed by atoms with Crippen LogP contribution in [0.2, 0.25) is 0 Å². The van der Waals surface area contributed by atoms with E-state index < -0.39 is 15.1 Å². The minimum atomic E-state index is -3.23. The number of hydrogen-bond donors (Lipinski definition) is 1. The van der Waals surface area contributed by atoms with Gasteiger partial charge in [0.25, 0.3) is 0 Å². The summed E-state index contributed by atoms with van der Waals surface area (Å²) in [5.74, 6) is -0.738. The van der Waals surface area contributed by atoms with Gasteiger partial charge in [0.1, 0.15) is 5.75 Å². The van der Waals surface area contributed by atoms with Gasteiger partial charge in [-0.3, -0.25) is 4.79 Å². The Balaban J connectivity index is 2.42. The van der Waals surface area contributed by atoms with Gasteiger partial charge in [-0.25, -0.2) is 8.42 Å². The average molecular weight is 205 g/mol. The maximum atomic E-state index is 11.3. The van der Waals surface area contributed by atoms with E-state index in [0.29, 0.717) is 0 Å². The molecule has 5 heteroatoms. The Morgan fingerprint density at radius 2 is 2.00 bits per heavy atom. The first-order valence-electron chi connectivity index (χ1n) is 4.43. The van der Waals surface area contributed by atoms with E-state index in [-0.39, 0.29) is 17.7 Å². The molecule has 0 aromatic carbocycles. The molecule has 0 radical (unpaired) electrons. The third-order valence-electron chi connectivity index (χ3n) is 1.99. The summed E-state index contributed by atoms with van der Waals surface area (Å²) in [6.45, 7) is 3.17. The second kappa shape index (κ2) is 3.65. The first-order chi connectivity index (χ1) is 5.92. The summed E-state index contributed by atoms with van der Waals surface area (Å²) in [5, 5.41) is 2.17. The topological polar surface area (TPSA) is 63.2 Å². The SMILES string of the molecule is CC(C)S(=O)(=O)CC(=O)NC1CC1. The Labute approximate surface area is 78.6 Å². The molecule has 0 aromatic rings. The molecule has 1 saturated carbocycles. The molecule has 1 aliphatic carbocycles. The van der Waals surface area contributed by atoms with Gasteiger partial charge in [-0.1, -0.05) is 0 Å². The molecule has 0 unspecified atom stereocenters. The van der Waals surface area contributed by atoms with Gasteiger partial charge in [0.15, 0.2) is 9.84 Å². The normalized spacial score (nSPS) is 17.5. The van der Waals surface area contributed by atoms with Crippen LogP contribution in [0.3, 0.4) is 0 Å². The molecule has 0 aromatic heterocycles. The van der Waals surface area contributed by atoms with Gasteiger partial charge >= 0.3 is 0 Å². The molecular formula is C8H15NO3S. The summed E-state index contributed by atoms with van der Waals surface area (Å²) in [4.78, 5) is 11.1. The molecule has 0 heterocycles. The van der Waals surface area contributed by atoms with Crippen LogP contribution in [0.25, 0.3) is 0 Å². The fourth-order valence-electron chi connectivity index (χ4n) is 0.846. The van der Waals surface area contributed by atoms with E-state index in [1.165, 1.54) is 0 Å². The van der Waals surface area contributed by atoms with Gasteiger partial charge in [-0.2, -0.15) is 0 Å². The number of nitrogens with one attached hydrogen (secondary N) is 1. The molecule has 1 rings (SSSR count). The molecule has 0 bridgehead atoms. The molecule has 1 aliphatic rings. The van der Waals surface area contributed by atoms with E-state index in [4.69, 9.17) is 0 Å². The maximum absolute atomic E-state index is 11.3. The van der Waals surface area contributed by atoms with Gasteiger partial charge in [0.05, 0.1) is 5.25 Å². The van der Waals surface area contributed by atoms with Crippen molar-refractivity contribution in [3.8, 4) is 0 Å². The summed E-state index contributed by atoms with van der Waals surface area (Å²) in [7, 11) is -3.23. The van der Waals surface area contributed by atoms with Crippen molar-refractivity contribution in [1.29, 1.82) is 0 Å². The highest BCUT2D eigenvalue weighted by molar-refractivity contribution is 7.92. The van der Waals surface area contributed by atoms with Crippen molar-refractivity contribution in [3.63, 3.8) is 0 Å². The smallest absolute Gasteiger partial charge is 0.235 e. The second-order valence-corrected chi connectivity index (χ2v) is 6.25. The maximum Gasteiger partial charge on any atom is 0.235 e. The van der Waals surface area contributed by atoms with Crippen LogP contribution < -0.4 is 5.32 Å². The van der Waals surface area contributed by atoms with Crippen LogP contribution in [0.4, 0.5) is 0 Å². The zero-order valence-corrected chi connectivity index (χ0v) is 8.73. The molecule has 0 aliphatic heterocycles. The van der Waals surface area contributed by atoms with Crippen molar-refractivity contribution in [2.24, 2.45) is 0 Å². The lowest BCUT2D eigenvalue weighted by molar-refractivity contribution is -0.118. The van der Waals surface area contributed by atoms with Crippen LogP contribution in [0.5, 0.6) is 0 Å². The van der Waals surface area contributed by atoms with Crippen molar-refractivity contribution < 1.29 is 13.2 Å². The highest BCUT2D eigenvalue weighted by Crippen LogP contribution is 2.18. The quantitative estimate of drug-likeness (QED) is 0.707. The molecule has 4 nitrogen and oxygen atoms in total. The van der Waals surface area contributed by atoms with Crippen LogP contribution in [0.1, 0.15) is 26.7 Å². The minimum absolute atomic E-state index is 0.231. The molecule has 1 fully saturated rings. The van der Waals surface area contributed by atoms with Crippen LogP contribution in [0, 0.1) is 0 Å². The van der Waals surface area contributed by atoms with Crippen LogP contribution in [0.15, 0.2) is 0 Å². The Hall–Kier alpha value is -0.580. The molecule has 76 valence electrons. The molecule has 0 atom stereocenters. The Bertz CT molecular complexity index is 291. The van der Waals surface area contributed by atoms with Crippen LogP contribution in [-0.4, -0.2) is 31.4 Å². The van der Waals surface area contributed by atoms with Gasteiger partial charge in [0, 0.05) is 6.04 Å². The van der Waals surface area contributed by atoms with E-state index in [9.17, 15) is 13.2 Å². The lowest BCUT2D eigenvalue weighted by Gasteiger charge is -2.07. The van der Waals surface area contributed by atoms with Crippen molar-refractivity contribution in [2.45, 2.75) is 38.0 Å². The molecule has 1 N–H and O–H groups in total. The Morgan fingerprint density at radius 1 is 1.46 bits per heavy atom. The van der Waals surface area contributed by atoms with Crippen molar-refractivity contribution >= 4 is 15.7 Å². The zero-order chi connectivity index (χ0) is 10.1. The summed E-state index contributed by atoms with van der Waals surface area (Å²) in [5.41, 5.74) is 0. The number of rotatable bonds is 4. The fourth-order valence-corrected chi connectivity index (χ4v) is 1.63. The third kappa shape index (κ3) is 3.34. The van der Waals surface area contributed by atoms with Crippen LogP contribution in [-0.2, 0) is 14.6 Å². The number of carbonyl (C=O) groups is 1. The first kappa shape index (κ1) is 10.5. The molecule has 0 saturated heterocycles. The highest BCUT2D eigenvalue weighted by atomic mass is 32.2. The van der Waals surface area contributed by atoms with E-state index in [0.717, 1.165) is 12.8 Å². The predicted molar refractivity (Wildman–Crippen MR) is 50.1 cm³/mol.